The number of anilines is 1. The monoisotopic (exact) mass is 334 g/mol. The average Bonchev–Trinajstić information content (AvgIpc) is 2.51. The lowest BCUT2D eigenvalue weighted by Crippen LogP contribution is -2.31. The maximum Gasteiger partial charge on any atom is 0.264 e. The Morgan fingerprint density at radius 1 is 1.18 bits per heavy atom. The molecule has 22 heavy (non-hydrogen) atoms. The first-order chi connectivity index (χ1) is 10.5. The third-order valence-electron chi connectivity index (χ3n) is 3.20. The topological polar surface area (TPSA) is 61.2 Å². The van der Waals surface area contributed by atoms with Gasteiger partial charge in [-0.2, -0.15) is 5.26 Å². The number of aryl methyl sites for hydroxylation is 1. The van der Waals surface area contributed by atoms with Crippen molar-refractivity contribution in [3.8, 4) is 6.07 Å². The number of hydrogen-bond acceptors (Lipinski definition) is 3. The smallest absolute Gasteiger partial charge is 0.264 e. The Kier molecular flexibility index (Phi) is 5.07. The van der Waals surface area contributed by atoms with Gasteiger partial charge in [-0.1, -0.05) is 35.9 Å². The maximum atomic E-state index is 12.9. The number of para-hydroxylation sites is 1. The van der Waals surface area contributed by atoms with E-state index in [0.29, 0.717) is 10.7 Å². The van der Waals surface area contributed by atoms with Gasteiger partial charge in [0.15, 0.2) is 0 Å². The van der Waals surface area contributed by atoms with Crippen molar-refractivity contribution in [2.45, 2.75) is 18.2 Å². The summed E-state index contributed by atoms with van der Waals surface area (Å²) in [6, 6.07) is 15.3. The van der Waals surface area contributed by atoms with Crippen LogP contribution in [0.5, 0.6) is 0 Å². The van der Waals surface area contributed by atoms with Crippen molar-refractivity contribution in [2.75, 3.05) is 10.8 Å². The van der Waals surface area contributed by atoms with Crippen molar-refractivity contribution >= 4 is 27.3 Å². The van der Waals surface area contributed by atoms with Crippen molar-refractivity contribution in [3.63, 3.8) is 0 Å². The number of sulfonamides is 1. The van der Waals surface area contributed by atoms with Gasteiger partial charge in [0.25, 0.3) is 10.0 Å². The molecular formula is C16H15ClN2O2S. The van der Waals surface area contributed by atoms with Crippen LogP contribution in [0.15, 0.2) is 53.4 Å². The molecule has 4 nitrogen and oxygen atoms in total. The van der Waals surface area contributed by atoms with Crippen LogP contribution < -0.4 is 4.31 Å². The molecule has 0 amide bonds. The van der Waals surface area contributed by atoms with Crippen molar-refractivity contribution in [1.82, 2.24) is 0 Å². The fourth-order valence-corrected chi connectivity index (χ4v) is 3.73. The average molecular weight is 335 g/mol. The molecule has 0 aliphatic heterocycles. The maximum absolute atomic E-state index is 12.9. The molecule has 114 valence electrons. The number of nitrogens with zero attached hydrogens (tertiary/aromatic N) is 2. The fourth-order valence-electron chi connectivity index (χ4n) is 2.00. The summed E-state index contributed by atoms with van der Waals surface area (Å²) in [6.45, 7) is 1.90. The molecule has 0 saturated heterocycles. The standard InChI is InChI=1S/C16H15ClN2O2S/c1-13-8-9-15(12-16(13)17)22(20,21)19(11-5-10-18)14-6-3-2-4-7-14/h2-4,6-9,12H,5,11H2,1H3. The highest BCUT2D eigenvalue weighted by Gasteiger charge is 2.25. The Hall–Kier alpha value is -2.03. The molecule has 0 aliphatic rings. The van der Waals surface area contributed by atoms with Crippen LogP contribution in [0.1, 0.15) is 12.0 Å². The highest BCUT2D eigenvalue weighted by molar-refractivity contribution is 7.92. The van der Waals surface area contributed by atoms with Gasteiger partial charge in [-0.3, -0.25) is 4.31 Å². The van der Waals surface area contributed by atoms with Crippen molar-refractivity contribution in [2.24, 2.45) is 0 Å². The predicted octanol–water partition coefficient (Wildman–Crippen LogP) is 3.76. The van der Waals surface area contributed by atoms with Gasteiger partial charge in [-0.15, -0.1) is 0 Å². The van der Waals surface area contributed by atoms with Gasteiger partial charge in [-0.05, 0) is 36.8 Å². The number of halogens is 1. The van der Waals surface area contributed by atoms with Crippen LogP contribution in [-0.2, 0) is 10.0 Å². The van der Waals surface area contributed by atoms with Crippen molar-refractivity contribution < 1.29 is 8.42 Å². The van der Waals surface area contributed by atoms with Gasteiger partial charge in [0.2, 0.25) is 0 Å². The minimum Gasteiger partial charge on any atom is -0.265 e. The lowest BCUT2D eigenvalue weighted by atomic mass is 10.2. The molecule has 0 radical (unpaired) electrons. The second kappa shape index (κ2) is 6.82. The lowest BCUT2D eigenvalue weighted by Gasteiger charge is -2.23. The van der Waals surface area contributed by atoms with E-state index in [1.165, 1.54) is 16.4 Å². The molecule has 0 bridgehead atoms. The van der Waals surface area contributed by atoms with Crippen molar-refractivity contribution in [3.05, 3.63) is 59.1 Å². The zero-order valence-corrected chi connectivity index (χ0v) is 13.6. The summed E-state index contributed by atoms with van der Waals surface area (Å²) < 4.78 is 27.0. The van der Waals surface area contributed by atoms with Crippen LogP contribution in [0, 0.1) is 18.3 Å². The Morgan fingerprint density at radius 3 is 2.45 bits per heavy atom. The van der Waals surface area contributed by atoms with Gasteiger partial charge in [0, 0.05) is 11.6 Å². The second-order valence-electron chi connectivity index (χ2n) is 4.73. The van der Waals surface area contributed by atoms with Gasteiger partial charge in [0.05, 0.1) is 23.1 Å². The molecule has 0 N–H and O–H groups in total. The molecule has 0 saturated carbocycles. The van der Waals surface area contributed by atoms with Crippen molar-refractivity contribution in [1.29, 1.82) is 5.26 Å². The SMILES string of the molecule is Cc1ccc(S(=O)(=O)N(CCC#N)c2ccccc2)cc1Cl. The van der Waals surface area contributed by atoms with Gasteiger partial charge in [-0.25, -0.2) is 8.42 Å². The summed E-state index contributed by atoms with van der Waals surface area (Å²) >= 11 is 6.04. The minimum absolute atomic E-state index is 0.0916. The van der Waals surface area contributed by atoms with Crippen LogP contribution in [0.25, 0.3) is 0 Å². The molecule has 0 unspecified atom stereocenters. The first kappa shape index (κ1) is 16.3. The van der Waals surface area contributed by atoms with Gasteiger partial charge < -0.3 is 0 Å². The van der Waals surface area contributed by atoms with Crippen LogP contribution in [0.2, 0.25) is 5.02 Å². The third-order valence-corrected chi connectivity index (χ3v) is 5.43. The van der Waals surface area contributed by atoms with E-state index in [9.17, 15) is 8.42 Å². The zero-order valence-electron chi connectivity index (χ0n) is 12.0. The highest BCUT2D eigenvalue weighted by atomic mass is 35.5. The Balaban J connectivity index is 2.49. The summed E-state index contributed by atoms with van der Waals surface area (Å²) in [6.07, 6.45) is 0.105. The predicted molar refractivity (Wildman–Crippen MR) is 87.4 cm³/mol. The second-order valence-corrected chi connectivity index (χ2v) is 7.00. The molecule has 2 aromatic rings. The molecule has 0 spiro atoms. The molecule has 0 aromatic heterocycles. The Bertz CT molecular complexity index is 799. The molecule has 6 heteroatoms. The van der Waals surface area contributed by atoms with E-state index in [1.54, 1.807) is 36.4 Å². The third kappa shape index (κ3) is 3.41. The van der Waals surface area contributed by atoms with Crippen LogP contribution in [-0.4, -0.2) is 15.0 Å². The molecule has 0 atom stereocenters. The first-order valence-corrected chi connectivity index (χ1v) is 8.49. The van der Waals surface area contributed by atoms with Crippen LogP contribution >= 0.6 is 11.6 Å². The summed E-state index contributed by atoms with van der Waals surface area (Å²) in [5.74, 6) is 0. The number of nitriles is 1. The first-order valence-electron chi connectivity index (χ1n) is 6.67. The molecule has 0 fully saturated rings. The highest BCUT2D eigenvalue weighted by Crippen LogP contribution is 2.26. The summed E-state index contributed by atoms with van der Waals surface area (Å²) in [5, 5.41) is 9.18. The van der Waals surface area contributed by atoms with Crippen LogP contribution in [0.3, 0.4) is 0 Å². The molecule has 2 rings (SSSR count). The van der Waals surface area contributed by atoms with E-state index in [2.05, 4.69) is 0 Å². The van der Waals surface area contributed by atoms with E-state index in [1.807, 2.05) is 13.0 Å². The summed E-state index contributed by atoms with van der Waals surface area (Å²) in [7, 11) is -3.77. The van der Waals surface area contributed by atoms with Crippen LogP contribution in [0.4, 0.5) is 5.69 Å². The molecular weight excluding hydrogens is 320 g/mol. The molecule has 0 heterocycles. The van der Waals surface area contributed by atoms with Gasteiger partial charge in [0.1, 0.15) is 0 Å². The number of hydrogen-bond donors (Lipinski definition) is 0. The number of rotatable bonds is 5. The number of benzene rings is 2. The summed E-state index contributed by atoms with van der Waals surface area (Å²) in [4.78, 5) is 0.116. The normalized spacial score (nSPS) is 11.0. The minimum atomic E-state index is -3.77. The zero-order chi connectivity index (χ0) is 16.2. The van der Waals surface area contributed by atoms with E-state index < -0.39 is 10.0 Å². The molecule has 0 aliphatic carbocycles. The fraction of sp³-hybridized carbons (Fsp3) is 0.188. The lowest BCUT2D eigenvalue weighted by molar-refractivity contribution is 0.591. The largest absolute Gasteiger partial charge is 0.265 e. The summed E-state index contributed by atoms with van der Waals surface area (Å²) in [5.41, 5.74) is 1.33. The molecule has 2 aromatic carbocycles. The Morgan fingerprint density at radius 2 is 1.86 bits per heavy atom. The van der Waals surface area contributed by atoms with Gasteiger partial charge >= 0.3 is 0 Å². The van der Waals surface area contributed by atoms with E-state index >= 15 is 0 Å². The van der Waals surface area contributed by atoms with E-state index in [4.69, 9.17) is 16.9 Å². The Labute approximate surface area is 135 Å². The van der Waals surface area contributed by atoms with E-state index in [-0.39, 0.29) is 17.9 Å². The quantitative estimate of drug-likeness (QED) is 0.836. The van der Waals surface area contributed by atoms with E-state index in [0.717, 1.165) is 5.56 Å².